The molecule has 1 aromatic rings. The molecule has 0 aromatic heterocycles. The second kappa shape index (κ2) is 12.5. The summed E-state index contributed by atoms with van der Waals surface area (Å²) in [6, 6.07) is 5.85. The minimum Gasteiger partial charge on any atom is -0.483 e. The zero-order chi connectivity index (χ0) is 21.9. The third-order valence-corrected chi connectivity index (χ3v) is 5.20. The van der Waals surface area contributed by atoms with Crippen molar-refractivity contribution >= 4 is 22.4 Å². The van der Waals surface area contributed by atoms with E-state index in [1.165, 1.54) is 6.07 Å². The minimum absolute atomic E-state index is 0.113. The summed E-state index contributed by atoms with van der Waals surface area (Å²) in [7, 11) is -3.40. The average Bonchev–Trinajstić information content (AvgIpc) is 2.65. The first-order chi connectivity index (χ1) is 13.7. The maximum Gasteiger partial charge on any atom is 0.290 e. The highest BCUT2D eigenvalue weighted by molar-refractivity contribution is 7.88. The highest BCUT2D eigenvalue weighted by atomic mass is 32.2. The van der Waals surface area contributed by atoms with Crippen LogP contribution in [0.1, 0.15) is 38.2 Å². The van der Waals surface area contributed by atoms with Gasteiger partial charge in [-0.3, -0.25) is 9.59 Å². The highest BCUT2D eigenvalue weighted by Gasteiger charge is 2.35. The molecule has 0 heterocycles. The average molecular weight is 433 g/mol. The van der Waals surface area contributed by atoms with Gasteiger partial charge in [0.05, 0.1) is 12.4 Å². The molecule has 1 amide bonds. The molecule has 0 unspecified atom stereocenters. The Morgan fingerprint density at radius 1 is 1.34 bits per heavy atom. The lowest BCUT2D eigenvalue weighted by atomic mass is 9.83. The van der Waals surface area contributed by atoms with E-state index in [0.717, 1.165) is 12.7 Å². The van der Waals surface area contributed by atoms with Crippen LogP contribution in [0.15, 0.2) is 24.3 Å². The summed E-state index contributed by atoms with van der Waals surface area (Å²) in [5.41, 5.74) is 0.423. The first kappa shape index (κ1) is 25.0. The summed E-state index contributed by atoms with van der Waals surface area (Å²) in [4.78, 5) is 20.8. The van der Waals surface area contributed by atoms with Crippen LogP contribution in [-0.4, -0.2) is 50.9 Å². The van der Waals surface area contributed by atoms with Crippen LogP contribution < -0.4 is 10.0 Å². The van der Waals surface area contributed by atoms with Crippen LogP contribution in [0, 0.1) is 11.7 Å². The number of halogens is 1. The number of nitrogens with one attached hydrogen (secondary N) is 2. The fraction of sp³-hybridized carbons (Fsp3) is 0.579. The van der Waals surface area contributed by atoms with Gasteiger partial charge in [0.25, 0.3) is 6.47 Å². The van der Waals surface area contributed by atoms with Crippen molar-refractivity contribution in [2.45, 2.75) is 51.3 Å². The molecule has 0 bridgehead atoms. The van der Waals surface area contributed by atoms with Crippen LogP contribution >= 0.6 is 0 Å². The maximum atomic E-state index is 13.7. The van der Waals surface area contributed by atoms with Crippen molar-refractivity contribution in [2.24, 2.45) is 5.92 Å². The summed E-state index contributed by atoms with van der Waals surface area (Å²) in [5.74, 6) is -0.883. The maximum absolute atomic E-state index is 13.7. The molecule has 29 heavy (non-hydrogen) atoms. The second-order valence-electron chi connectivity index (χ2n) is 6.83. The Labute approximate surface area is 170 Å². The van der Waals surface area contributed by atoms with Crippen molar-refractivity contribution in [3.8, 4) is 0 Å². The molecule has 0 aliphatic heterocycles. The van der Waals surface area contributed by atoms with Crippen molar-refractivity contribution in [2.75, 3.05) is 12.9 Å². The molecule has 0 saturated heterocycles. The van der Waals surface area contributed by atoms with E-state index in [2.05, 4.69) is 10.0 Å². The zero-order valence-electron chi connectivity index (χ0n) is 16.6. The van der Waals surface area contributed by atoms with E-state index >= 15 is 0 Å². The lowest BCUT2D eigenvalue weighted by Crippen LogP contribution is -2.50. The quantitative estimate of drug-likeness (QED) is 0.537. The number of carboxylic acid groups (broad SMARTS) is 1. The zero-order valence-corrected chi connectivity index (χ0v) is 17.5. The number of ether oxygens (including phenoxy) is 1. The molecule has 1 aliphatic carbocycles. The summed E-state index contributed by atoms with van der Waals surface area (Å²) in [6.45, 7) is 2.40. The van der Waals surface area contributed by atoms with Gasteiger partial charge >= 0.3 is 0 Å². The fourth-order valence-electron chi connectivity index (χ4n) is 3.22. The Hall–Kier alpha value is -2.04. The van der Waals surface area contributed by atoms with Crippen molar-refractivity contribution in [1.29, 1.82) is 0 Å². The topological polar surface area (TPSA) is 122 Å². The van der Waals surface area contributed by atoms with Crippen LogP contribution in [0.5, 0.6) is 0 Å². The molecule has 3 N–H and O–H groups in total. The van der Waals surface area contributed by atoms with E-state index < -0.39 is 16.1 Å². The van der Waals surface area contributed by atoms with Gasteiger partial charge in [-0.2, -0.15) is 0 Å². The normalized spacial score (nSPS) is 21.6. The van der Waals surface area contributed by atoms with Crippen molar-refractivity contribution in [3.63, 3.8) is 0 Å². The minimum atomic E-state index is -3.40. The molecule has 10 heteroatoms. The number of sulfonamides is 1. The molecule has 1 saturated carbocycles. The molecular formula is C19H29FN2O6S. The van der Waals surface area contributed by atoms with E-state index in [4.69, 9.17) is 14.6 Å². The number of carbonyl (C=O) groups excluding carboxylic acids is 1. The third-order valence-electron chi connectivity index (χ3n) is 4.47. The molecule has 0 radical (unpaired) electrons. The van der Waals surface area contributed by atoms with Gasteiger partial charge in [0.1, 0.15) is 5.82 Å². The number of amides is 1. The van der Waals surface area contributed by atoms with Crippen molar-refractivity contribution in [3.05, 3.63) is 35.6 Å². The Bertz CT molecular complexity index is 759. The van der Waals surface area contributed by atoms with Crippen LogP contribution in [0.2, 0.25) is 0 Å². The number of hydrogen-bond acceptors (Lipinski definition) is 5. The van der Waals surface area contributed by atoms with Crippen LogP contribution in [0.4, 0.5) is 4.39 Å². The van der Waals surface area contributed by atoms with Gasteiger partial charge in [0.15, 0.2) is 0 Å². The second-order valence-corrected chi connectivity index (χ2v) is 8.61. The van der Waals surface area contributed by atoms with Crippen LogP contribution in [-0.2, 0) is 30.9 Å². The van der Waals surface area contributed by atoms with E-state index in [0.29, 0.717) is 31.4 Å². The first-order valence-electron chi connectivity index (χ1n) is 9.39. The molecule has 1 aliphatic rings. The summed E-state index contributed by atoms with van der Waals surface area (Å²) < 4.78 is 45.3. The van der Waals surface area contributed by atoms with Gasteiger partial charge in [-0.05, 0) is 31.7 Å². The SMILES string of the molecule is CCCO[C@@H]1CC[C@H](C(=O)NCc2ccccc2F)C[C@H]1NS(C)(=O)=O.O=CO. The Kier molecular flexibility index (Phi) is 10.8. The van der Waals surface area contributed by atoms with Crippen molar-refractivity contribution in [1.82, 2.24) is 10.0 Å². The predicted octanol–water partition coefficient (Wildman–Crippen LogP) is 1.66. The largest absolute Gasteiger partial charge is 0.483 e. The van der Waals surface area contributed by atoms with E-state index in [-0.39, 0.29) is 36.8 Å². The fourth-order valence-corrected chi connectivity index (χ4v) is 4.01. The van der Waals surface area contributed by atoms with Gasteiger partial charge in [-0.25, -0.2) is 17.5 Å². The molecule has 1 aromatic carbocycles. The monoisotopic (exact) mass is 432 g/mol. The summed E-state index contributed by atoms with van der Waals surface area (Å²) >= 11 is 0. The number of benzene rings is 1. The highest BCUT2D eigenvalue weighted by Crippen LogP contribution is 2.27. The van der Waals surface area contributed by atoms with Gasteiger partial charge in [-0.1, -0.05) is 25.1 Å². The first-order valence-corrected chi connectivity index (χ1v) is 11.3. The Balaban J connectivity index is 0.00000132. The van der Waals surface area contributed by atoms with Gasteiger partial charge in [0, 0.05) is 30.7 Å². The Morgan fingerprint density at radius 3 is 2.59 bits per heavy atom. The summed E-state index contributed by atoms with van der Waals surface area (Å²) in [6.07, 6.45) is 3.29. The lowest BCUT2D eigenvalue weighted by molar-refractivity contribution is -0.127. The van der Waals surface area contributed by atoms with Gasteiger partial charge < -0.3 is 15.2 Å². The number of hydrogen-bond donors (Lipinski definition) is 3. The standard InChI is InChI=1S/C18H27FN2O4S.CH2O2/c1-3-10-25-17-9-8-13(11-16(17)21-26(2,23)24)18(22)20-12-14-6-4-5-7-15(14)19;2-1-3/h4-7,13,16-17,21H,3,8-12H2,1-2H3,(H,20,22);1H,(H,2,3)/t13-,16+,17+;/m0./s1. The van der Waals surface area contributed by atoms with Gasteiger partial charge in [-0.15, -0.1) is 0 Å². The van der Waals surface area contributed by atoms with Gasteiger partial charge in [0.2, 0.25) is 15.9 Å². The van der Waals surface area contributed by atoms with Crippen LogP contribution in [0.3, 0.4) is 0 Å². The number of carbonyl (C=O) groups is 2. The molecule has 1 fully saturated rings. The number of rotatable bonds is 8. The van der Waals surface area contributed by atoms with E-state index in [1.807, 2.05) is 6.92 Å². The molecule has 164 valence electrons. The molecule has 8 nitrogen and oxygen atoms in total. The van der Waals surface area contributed by atoms with Crippen molar-refractivity contribution < 1.29 is 32.2 Å². The third kappa shape index (κ3) is 9.33. The smallest absolute Gasteiger partial charge is 0.290 e. The summed E-state index contributed by atoms with van der Waals surface area (Å²) in [5, 5.41) is 9.64. The van der Waals surface area contributed by atoms with Crippen LogP contribution in [0.25, 0.3) is 0 Å². The molecule has 3 atom stereocenters. The Morgan fingerprint density at radius 2 is 2.00 bits per heavy atom. The molecule has 2 rings (SSSR count). The predicted molar refractivity (Wildman–Crippen MR) is 106 cm³/mol. The molecule has 0 spiro atoms. The van der Waals surface area contributed by atoms with E-state index in [9.17, 15) is 17.6 Å². The lowest BCUT2D eigenvalue weighted by Gasteiger charge is -2.35. The van der Waals surface area contributed by atoms with E-state index in [1.54, 1.807) is 18.2 Å². The molecular weight excluding hydrogens is 403 g/mol.